The standard InChI is InChI=1S/C30H29F3N4O10/c1-9-11-5-7-14(36-28(46)35-13-6-4-10(38)8-12(13)30(31,32)33)21(39)16(11)22(40)17-15(9)23(41)19-20(37(2)3)24(42)18(27(34)45)26(44)29(19,47)25(17)43/h4-9,15,19-20,23,38-41,44,47H,1-3H3,(H2,34,45)(H2,35,36,46)/t9-,15+,19+,20-,23-,29-/m0/s1. The molecule has 0 bridgehead atoms. The van der Waals surface area contributed by atoms with Crippen LogP contribution in [0.4, 0.5) is 29.3 Å². The van der Waals surface area contributed by atoms with E-state index in [1.165, 1.54) is 32.0 Å². The first-order valence-electron chi connectivity index (χ1n) is 13.9. The molecule has 0 aliphatic heterocycles. The lowest BCUT2D eigenvalue weighted by Gasteiger charge is -2.53. The van der Waals surface area contributed by atoms with E-state index >= 15 is 0 Å². The molecule has 1 fully saturated rings. The van der Waals surface area contributed by atoms with Crippen LogP contribution in [0.1, 0.15) is 29.5 Å². The summed E-state index contributed by atoms with van der Waals surface area (Å²) in [5, 5.41) is 70.5. The summed E-state index contributed by atoms with van der Waals surface area (Å²) < 4.78 is 40.3. The molecule has 0 unspecified atom stereocenters. The number of carbonyl (C=O) groups is 4. The minimum absolute atomic E-state index is 0.135. The lowest BCUT2D eigenvalue weighted by atomic mass is 9.54. The van der Waals surface area contributed by atoms with Gasteiger partial charge >= 0.3 is 12.2 Å². The molecule has 0 saturated heterocycles. The van der Waals surface area contributed by atoms with E-state index in [1.807, 2.05) is 5.32 Å². The molecule has 47 heavy (non-hydrogen) atoms. The quantitative estimate of drug-likeness (QED) is 0.130. The molecule has 14 nitrogen and oxygen atoms in total. The summed E-state index contributed by atoms with van der Waals surface area (Å²) in [5.74, 6) is -11.9. The number of hydrogen-bond donors (Lipinski definition) is 9. The number of likely N-dealkylation sites (N-methyl/N-ethyl adjacent to an activating group) is 1. The number of nitrogens with two attached hydrogens (primary N) is 1. The van der Waals surface area contributed by atoms with Crippen LogP contribution in [0, 0.1) is 11.8 Å². The number of anilines is 2. The van der Waals surface area contributed by atoms with Gasteiger partial charge in [-0.1, -0.05) is 13.0 Å². The van der Waals surface area contributed by atoms with E-state index in [0.29, 0.717) is 6.07 Å². The number of carbonyl (C=O) groups excluding carboxylic acids is 4. The Balaban J connectivity index is 1.60. The van der Waals surface area contributed by atoms with E-state index in [4.69, 9.17) is 5.73 Å². The average Bonchev–Trinajstić information content (AvgIpc) is 2.96. The van der Waals surface area contributed by atoms with Crippen molar-refractivity contribution in [1.29, 1.82) is 0 Å². The first-order chi connectivity index (χ1) is 21.7. The average molecular weight is 663 g/mol. The number of aromatic hydroxyl groups is 2. The van der Waals surface area contributed by atoms with Gasteiger partial charge in [0.15, 0.2) is 11.4 Å². The van der Waals surface area contributed by atoms with Crippen molar-refractivity contribution < 1.29 is 63.0 Å². The normalized spacial score (nSPS) is 27.3. The van der Waals surface area contributed by atoms with Gasteiger partial charge in [-0.15, -0.1) is 0 Å². The minimum atomic E-state index is -4.96. The van der Waals surface area contributed by atoms with E-state index in [1.54, 1.807) is 0 Å². The van der Waals surface area contributed by atoms with E-state index < -0.39 is 122 Å². The molecule has 1 saturated carbocycles. The molecule has 5 rings (SSSR count). The number of benzene rings is 2. The summed E-state index contributed by atoms with van der Waals surface area (Å²) in [6.07, 6.45) is -6.77. The number of aliphatic hydroxyl groups excluding tert-OH is 3. The zero-order valence-corrected chi connectivity index (χ0v) is 24.7. The summed E-state index contributed by atoms with van der Waals surface area (Å²) >= 11 is 0. The van der Waals surface area contributed by atoms with Crippen molar-refractivity contribution in [2.45, 2.75) is 36.8 Å². The maximum atomic E-state index is 14.1. The molecular formula is C30H29F3N4O10. The lowest BCUT2D eigenvalue weighted by molar-refractivity contribution is -0.169. The highest BCUT2D eigenvalue weighted by Crippen LogP contribution is 2.56. The first kappa shape index (κ1) is 33.2. The van der Waals surface area contributed by atoms with Gasteiger partial charge in [0.25, 0.3) is 5.91 Å². The number of hydrogen-bond acceptors (Lipinski definition) is 11. The maximum absolute atomic E-state index is 14.1. The zero-order chi connectivity index (χ0) is 35.1. The van der Waals surface area contributed by atoms with Crippen LogP contribution in [0.15, 0.2) is 47.2 Å². The summed E-state index contributed by atoms with van der Waals surface area (Å²) in [6, 6.07) is 1.75. The van der Waals surface area contributed by atoms with Gasteiger partial charge in [-0.25, -0.2) is 4.79 Å². The predicted octanol–water partition coefficient (Wildman–Crippen LogP) is 1.86. The summed E-state index contributed by atoms with van der Waals surface area (Å²) in [7, 11) is 2.75. The molecule has 6 atom stereocenters. The molecule has 0 aromatic heterocycles. The highest BCUT2D eigenvalue weighted by Gasteiger charge is 2.68. The Hall–Kier alpha value is -5.13. The van der Waals surface area contributed by atoms with Crippen molar-refractivity contribution in [1.82, 2.24) is 4.90 Å². The summed E-state index contributed by atoms with van der Waals surface area (Å²) in [4.78, 5) is 53.4. The number of urea groups is 1. The number of amides is 3. The van der Waals surface area contributed by atoms with Gasteiger partial charge in [0.05, 0.1) is 40.6 Å². The molecule has 3 amide bonds. The molecule has 3 aliphatic carbocycles. The SMILES string of the molecule is C[C@H]1c2ccc(NC(=O)Nc3ccc(O)cc3C(F)(F)F)c(O)c2C(O)=C2C(=O)[C@]3(O)C(O)=C(C(N)=O)C(=O)[C@@H](N(C)C)[C@@H]3[C@@H](O)[C@@H]21. The number of Topliss-reactive ketones (excluding diaryl/α,β-unsaturated/α-hetero) is 2. The van der Waals surface area contributed by atoms with Gasteiger partial charge in [0.1, 0.15) is 28.6 Å². The third-order valence-electron chi connectivity index (χ3n) is 8.93. The lowest BCUT2D eigenvalue weighted by Crippen LogP contribution is -2.70. The van der Waals surface area contributed by atoms with Crippen LogP contribution < -0.4 is 16.4 Å². The molecule has 10 N–H and O–H groups in total. The van der Waals surface area contributed by atoms with Crippen molar-refractivity contribution in [2.75, 3.05) is 24.7 Å². The van der Waals surface area contributed by atoms with Crippen molar-refractivity contribution in [3.63, 3.8) is 0 Å². The Morgan fingerprint density at radius 2 is 1.60 bits per heavy atom. The first-order valence-corrected chi connectivity index (χ1v) is 13.9. The molecule has 3 aliphatic rings. The molecule has 0 heterocycles. The number of aliphatic hydroxyl groups is 4. The van der Waals surface area contributed by atoms with Gasteiger partial charge in [-0.05, 0) is 49.8 Å². The fraction of sp³-hybridized carbons (Fsp3) is 0.333. The van der Waals surface area contributed by atoms with Crippen LogP contribution in [0.25, 0.3) is 5.76 Å². The van der Waals surface area contributed by atoms with Gasteiger partial charge in [0.2, 0.25) is 5.78 Å². The van der Waals surface area contributed by atoms with Crippen molar-refractivity contribution in [3.8, 4) is 11.5 Å². The number of nitrogens with zero attached hydrogens (tertiary/aromatic N) is 1. The zero-order valence-electron chi connectivity index (χ0n) is 24.7. The van der Waals surface area contributed by atoms with E-state index in [-0.39, 0.29) is 5.56 Å². The molecule has 2 aromatic rings. The van der Waals surface area contributed by atoms with Crippen LogP contribution in [-0.4, -0.2) is 90.9 Å². The van der Waals surface area contributed by atoms with Gasteiger partial charge in [0, 0.05) is 11.5 Å². The monoisotopic (exact) mass is 662 g/mol. The number of ketones is 2. The Labute approximate surface area is 263 Å². The number of alkyl halides is 3. The van der Waals surface area contributed by atoms with Crippen LogP contribution in [0.2, 0.25) is 0 Å². The number of primary amides is 1. The van der Waals surface area contributed by atoms with Crippen molar-refractivity contribution in [2.24, 2.45) is 17.6 Å². The Bertz CT molecular complexity index is 1820. The molecule has 0 spiro atoms. The Morgan fingerprint density at radius 3 is 2.17 bits per heavy atom. The number of rotatable bonds is 4. The summed E-state index contributed by atoms with van der Waals surface area (Å²) in [6.45, 7) is 1.50. The highest BCUT2D eigenvalue weighted by molar-refractivity contribution is 6.24. The highest BCUT2D eigenvalue weighted by atomic mass is 19.4. The second-order valence-corrected chi connectivity index (χ2v) is 11.8. The molecule has 0 radical (unpaired) electrons. The number of nitrogens with one attached hydrogen (secondary N) is 2. The fourth-order valence-corrected chi connectivity index (χ4v) is 6.87. The molecular weight excluding hydrogens is 633 g/mol. The van der Waals surface area contributed by atoms with E-state index in [9.17, 15) is 63.0 Å². The van der Waals surface area contributed by atoms with Crippen LogP contribution >= 0.6 is 0 Å². The smallest absolute Gasteiger partial charge is 0.418 e. The molecule has 250 valence electrons. The number of phenolic OH excluding ortho intramolecular Hbond substituents is 2. The van der Waals surface area contributed by atoms with E-state index in [2.05, 4.69) is 5.32 Å². The predicted molar refractivity (Wildman–Crippen MR) is 156 cm³/mol. The van der Waals surface area contributed by atoms with Crippen LogP contribution in [0.3, 0.4) is 0 Å². The van der Waals surface area contributed by atoms with Gasteiger partial charge in [-0.3, -0.25) is 19.3 Å². The number of halogens is 3. The third-order valence-corrected chi connectivity index (χ3v) is 8.93. The maximum Gasteiger partial charge on any atom is 0.418 e. The Kier molecular flexibility index (Phi) is 7.78. The second-order valence-electron chi connectivity index (χ2n) is 11.8. The van der Waals surface area contributed by atoms with Crippen molar-refractivity contribution in [3.05, 3.63) is 63.9 Å². The Morgan fingerprint density at radius 1 is 1.00 bits per heavy atom. The number of phenols is 2. The van der Waals surface area contributed by atoms with Gasteiger partial charge < -0.3 is 47.0 Å². The van der Waals surface area contributed by atoms with Crippen molar-refractivity contribution >= 4 is 40.6 Å². The third kappa shape index (κ3) is 4.85. The summed E-state index contributed by atoms with van der Waals surface area (Å²) in [5.41, 5.74) is -2.44. The fourth-order valence-electron chi connectivity index (χ4n) is 6.87. The molecule has 2 aromatic carbocycles. The largest absolute Gasteiger partial charge is 0.508 e. The van der Waals surface area contributed by atoms with E-state index in [0.717, 1.165) is 18.2 Å². The second kappa shape index (κ2) is 11.0. The minimum Gasteiger partial charge on any atom is -0.508 e. The van der Waals surface area contributed by atoms with Crippen LogP contribution in [-0.2, 0) is 20.6 Å². The molecule has 17 heteroatoms. The van der Waals surface area contributed by atoms with Gasteiger partial charge in [-0.2, -0.15) is 13.2 Å². The topological polar surface area (TPSA) is 243 Å². The van der Waals surface area contributed by atoms with Crippen LogP contribution in [0.5, 0.6) is 11.5 Å². The number of fused-ring (bicyclic) bond motifs is 3.